The summed E-state index contributed by atoms with van der Waals surface area (Å²) in [7, 11) is 1.92. The van der Waals surface area contributed by atoms with E-state index in [-0.39, 0.29) is 5.91 Å². The normalized spacial score (nSPS) is 27.1. The minimum Gasteiger partial charge on any atom is -0.376 e. The number of hydrogen-bond donors (Lipinski definition) is 0. The minimum atomic E-state index is -0.414. The van der Waals surface area contributed by atoms with Crippen LogP contribution in [-0.4, -0.2) is 77.1 Å². The molecule has 0 N–H and O–H groups in total. The van der Waals surface area contributed by atoms with Gasteiger partial charge in [0.1, 0.15) is 5.60 Å². The maximum atomic E-state index is 11.7. The highest BCUT2D eigenvalue weighted by Crippen LogP contribution is 2.23. The van der Waals surface area contributed by atoms with Crippen molar-refractivity contribution in [3.8, 4) is 0 Å². The third kappa shape index (κ3) is 3.48. The molecule has 3 rings (SSSR count). The minimum absolute atomic E-state index is 0.0813. The maximum Gasteiger partial charge on any atom is 0.219 e. The van der Waals surface area contributed by atoms with E-state index >= 15 is 0 Å². The van der Waals surface area contributed by atoms with Gasteiger partial charge in [-0.1, -0.05) is 0 Å². The lowest BCUT2D eigenvalue weighted by Gasteiger charge is -2.43. The number of aryl methyl sites for hydroxylation is 1. The summed E-state index contributed by atoms with van der Waals surface area (Å²) in [5, 5.41) is 4.22. The molecular formula is C15H24N4O3. The van der Waals surface area contributed by atoms with Gasteiger partial charge < -0.3 is 14.4 Å². The number of nitrogens with zero attached hydrogens (tertiary/aromatic N) is 4. The number of ether oxygens (including phenoxy) is 2. The van der Waals surface area contributed by atoms with Crippen LogP contribution in [0.4, 0.5) is 0 Å². The summed E-state index contributed by atoms with van der Waals surface area (Å²) in [4.78, 5) is 15.9. The zero-order chi connectivity index (χ0) is 15.6. The Kier molecular flexibility index (Phi) is 4.46. The highest BCUT2D eigenvalue weighted by Gasteiger charge is 2.40. The third-order valence-electron chi connectivity index (χ3n) is 4.29. The molecule has 0 radical (unpaired) electrons. The van der Waals surface area contributed by atoms with Gasteiger partial charge in [0.2, 0.25) is 5.91 Å². The van der Waals surface area contributed by atoms with E-state index < -0.39 is 5.60 Å². The fraction of sp³-hybridized carbons (Fsp3) is 0.733. The topological polar surface area (TPSA) is 59.8 Å². The Hall–Kier alpha value is -1.44. The van der Waals surface area contributed by atoms with Crippen LogP contribution in [0.1, 0.15) is 12.5 Å². The lowest BCUT2D eigenvalue weighted by Crippen LogP contribution is -2.58. The highest BCUT2D eigenvalue weighted by atomic mass is 16.5. The summed E-state index contributed by atoms with van der Waals surface area (Å²) in [6, 6.07) is 0. The number of morpholine rings is 1. The van der Waals surface area contributed by atoms with Crippen LogP contribution >= 0.6 is 0 Å². The van der Waals surface area contributed by atoms with Crippen molar-refractivity contribution in [2.75, 3.05) is 46.0 Å². The van der Waals surface area contributed by atoms with E-state index in [2.05, 4.69) is 10.00 Å². The summed E-state index contributed by atoms with van der Waals surface area (Å²) in [5.74, 6) is 0.0813. The van der Waals surface area contributed by atoms with E-state index in [4.69, 9.17) is 9.47 Å². The summed E-state index contributed by atoms with van der Waals surface area (Å²) in [6.07, 6.45) is 3.93. The Bertz CT molecular complexity index is 533. The molecule has 0 bridgehead atoms. The van der Waals surface area contributed by atoms with Crippen LogP contribution in [0.2, 0.25) is 0 Å². The van der Waals surface area contributed by atoms with Gasteiger partial charge in [0.05, 0.1) is 32.6 Å². The second kappa shape index (κ2) is 6.36. The molecule has 0 aliphatic carbocycles. The Morgan fingerprint density at radius 2 is 2.23 bits per heavy atom. The fourth-order valence-corrected chi connectivity index (χ4v) is 3.23. The standard InChI is InChI=1S/C15H24N4O3/c1-13(20)19-4-5-21-12-15(11-19)10-18(3-6-22-15)9-14-7-16-17(2)8-14/h7-8H,3-6,9-12H2,1-2H3/t15-/m1/s1. The first kappa shape index (κ1) is 15.5. The van der Waals surface area contributed by atoms with Gasteiger partial charge >= 0.3 is 0 Å². The van der Waals surface area contributed by atoms with Gasteiger partial charge in [-0.2, -0.15) is 5.10 Å². The van der Waals surface area contributed by atoms with E-state index in [9.17, 15) is 4.79 Å². The quantitative estimate of drug-likeness (QED) is 0.762. The largest absolute Gasteiger partial charge is 0.376 e. The number of hydrogen-bond acceptors (Lipinski definition) is 5. The Morgan fingerprint density at radius 3 is 2.95 bits per heavy atom. The molecule has 3 heterocycles. The number of amides is 1. The van der Waals surface area contributed by atoms with Crippen LogP contribution in [0, 0.1) is 0 Å². The van der Waals surface area contributed by atoms with Gasteiger partial charge in [-0.05, 0) is 0 Å². The zero-order valence-corrected chi connectivity index (χ0v) is 13.3. The van der Waals surface area contributed by atoms with Crippen molar-refractivity contribution >= 4 is 5.91 Å². The molecule has 1 atom stereocenters. The zero-order valence-electron chi connectivity index (χ0n) is 13.3. The summed E-state index contributed by atoms with van der Waals surface area (Å²) in [6.45, 7) is 7.13. The smallest absolute Gasteiger partial charge is 0.219 e. The Morgan fingerprint density at radius 1 is 1.36 bits per heavy atom. The summed E-state index contributed by atoms with van der Waals surface area (Å²) >= 11 is 0. The van der Waals surface area contributed by atoms with Crippen LogP contribution < -0.4 is 0 Å². The number of aromatic nitrogens is 2. The summed E-state index contributed by atoms with van der Waals surface area (Å²) in [5.41, 5.74) is 0.778. The molecule has 2 saturated heterocycles. The van der Waals surface area contributed by atoms with Crippen molar-refractivity contribution in [1.29, 1.82) is 0 Å². The van der Waals surface area contributed by atoms with Crippen LogP contribution in [0.15, 0.2) is 12.4 Å². The molecule has 2 aliphatic heterocycles. The average molecular weight is 308 g/mol. The van der Waals surface area contributed by atoms with Crippen molar-refractivity contribution in [1.82, 2.24) is 19.6 Å². The summed E-state index contributed by atoms with van der Waals surface area (Å²) < 4.78 is 13.6. The molecule has 7 nitrogen and oxygen atoms in total. The first-order valence-electron chi connectivity index (χ1n) is 7.73. The highest BCUT2D eigenvalue weighted by molar-refractivity contribution is 5.73. The molecule has 1 aromatic heterocycles. The van der Waals surface area contributed by atoms with Gasteiger partial charge in [0, 0.05) is 51.9 Å². The lowest BCUT2D eigenvalue weighted by atomic mass is 10.0. The second-order valence-electron chi connectivity index (χ2n) is 6.26. The van der Waals surface area contributed by atoms with Crippen LogP contribution in [0.5, 0.6) is 0 Å². The number of carbonyl (C=O) groups excluding carboxylic acids is 1. The third-order valence-corrected chi connectivity index (χ3v) is 4.29. The van der Waals surface area contributed by atoms with E-state index in [0.29, 0.717) is 32.9 Å². The first-order chi connectivity index (χ1) is 10.6. The van der Waals surface area contributed by atoms with Gasteiger partial charge in [-0.25, -0.2) is 0 Å². The van der Waals surface area contributed by atoms with E-state index in [1.165, 1.54) is 5.56 Å². The monoisotopic (exact) mass is 308 g/mol. The van der Waals surface area contributed by atoms with Crippen molar-refractivity contribution in [2.45, 2.75) is 19.1 Å². The molecule has 0 saturated carbocycles. The van der Waals surface area contributed by atoms with Crippen molar-refractivity contribution in [2.24, 2.45) is 7.05 Å². The fourth-order valence-electron chi connectivity index (χ4n) is 3.23. The molecule has 1 spiro atoms. The van der Waals surface area contributed by atoms with Crippen molar-refractivity contribution < 1.29 is 14.3 Å². The van der Waals surface area contributed by atoms with Gasteiger partial charge in [0.15, 0.2) is 0 Å². The molecule has 0 aromatic carbocycles. The molecule has 2 aliphatic rings. The Labute approximate surface area is 130 Å². The van der Waals surface area contributed by atoms with E-state index in [1.54, 1.807) is 6.92 Å². The van der Waals surface area contributed by atoms with Crippen LogP contribution in [0.3, 0.4) is 0 Å². The number of carbonyl (C=O) groups is 1. The average Bonchev–Trinajstić information content (AvgIpc) is 2.76. The van der Waals surface area contributed by atoms with Gasteiger partial charge in [-0.15, -0.1) is 0 Å². The molecule has 1 aromatic rings. The van der Waals surface area contributed by atoms with Gasteiger partial charge in [-0.3, -0.25) is 14.4 Å². The van der Waals surface area contributed by atoms with Crippen LogP contribution in [0.25, 0.3) is 0 Å². The van der Waals surface area contributed by atoms with E-state index in [0.717, 1.165) is 19.6 Å². The molecule has 2 fully saturated rings. The van der Waals surface area contributed by atoms with Gasteiger partial charge in [0.25, 0.3) is 0 Å². The predicted octanol–water partition coefficient (Wildman–Crippen LogP) is -0.130. The predicted molar refractivity (Wildman–Crippen MR) is 80.2 cm³/mol. The second-order valence-corrected chi connectivity index (χ2v) is 6.26. The van der Waals surface area contributed by atoms with Crippen molar-refractivity contribution in [3.63, 3.8) is 0 Å². The lowest BCUT2D eigenvalue weighted by molar-refractivity contribution is -0.151. The van der Waals surface area contributed by atoms with E-state index in [1.807, 2.05) is 29.0 Å². The van der Waals surface area contributed by atoms with Crippen molar-refractivity contribution in [3.05, 3.63) is 18.0 Å². The molecule has 7 heteroatoms. The molecule has 0 unspecified atom stereocenters. The number of rotatable bonds is 2. The maximum absolute atomic E-state index is 11.7. The molecular weight excluding hydrogens is 284 g/mol. The molecule has 1 amide bonds. The first-order valence-corrected chi connectivity index (χ1v) is 7.73. The van der Waals surface area contributed by atoms with Crippen LogP contribution in [-0.2, 0) is 27.9 Å². The molecule has 122 valence electrons. The molecule has 22 heavy (non-hydrogen) atoms. The SMILES string of the molecule is CC(=O)N1CCOC[C@@]2(CN(Cc3cnn(C)c3)CCO2)C1. The Balaban J connectivity index is 1.68.